The largest absolute Gasteiger partial charge is 0.508 e. The van der Waals surface area contributed by atoms with E-state index in [1.165, 1.54) is 30.5 Å². The van der Waals surface area contributed by atoms with Gasteiger partial charge in [0.1, 0.15) is 35.3 Å². The van der Waals surface area contributed by atoms with Gasteiger partial charge in [0.15, 0.2) is 5.82 Å². The van der Waals surface area contributed by atoms with Crippen molar-refractivity contribution < 1.29 is 23.7 Å². The Balaban J connectivity index is 1.51. The molecule has 1 aliphatic heterocycles. The van der Waals surface area contributed by atoms with Crippen molar-refractivity contribution in [1.29, 1.82) is 0 Å². The summed E-state index contributed by atoms with van der Waals surface area (Å²) in [7, 11) is 0. The lowest BCUT2D eigenvalue weighted by Gasteiger charge is -2.39. The summed E-state index contributed by atoms with van der Waals surface area (Å²) in [6, 6.07) is 5.81. The highest BCUT2D eigenvalue weighted by atomic mass is 19.1. The summed E-state index contributed by atoms with van der Waals surface area (Å²) in [5, 5.41) is 25.4. The fraction of sp³-hybridized carbons (Fsp3) is 0.424. The summed E-state index contributed by atoms with van der Waals surface area (Å²) in [5.41, 5.74) is -0.166. The minimum Gasteiger partial charge on any atom is -0.508 e. The number of hydrogen-bond donors (Lipinski definition) is 3. The van der Waals surface area contributed by atoms with E-state index < -0.39 is 11.6 Å². The van der Waals surface area contributed by atoms with E-state index in [9.17, 15) is 14.6 Å². The first-order chi connectivity index (χ1) is 20.9. The van der Waals surface area contributed by atoms with Crippen molar-refractivity contribution in [3.63, 3.8) is 0 Å². The molecule has 224 valence electrons. The summed E-state index contributed by atoms with van der Waals surface area (Å²) in [6.07, 6.45) is 14.1. The molecule has 2 unspecified atom stereocenters. The minimum absolute atomic E-state index is 0.00947. The summed E-state index contributed by atoms with van der Waals surface area (Å²) in [5.74, 6) is 1.09. The monoisotopic (exact) mass is 587 g/mol. The molecule has 0 radical (unpaired) electrons. The van der Waals surface area contributed by atoms with Crippen LogP contribution in [0.3, 0.4) is 0 Å². The number of aliphatic hydroxyl groups excluding tert-OH is 1. The van der Waals surface area contributed by atoms with E-state index in [1.54, 1.807) is 4.90 Å². The molecule has 0 amide bonds. The molecular weight excluding hydrogens is 552 g/mol. The number of ether oxygens (including phenoxy) is 1. The lowest BCUT2D eigenvalue weighted by molar-refractivity contribution is 0.0798. The molecule has 2 fully saturated rings. The molecule has 3 N–H and O–H groups in total. The summed E-state index contributed by atoms with van der Waals surface area (Å²) in [6.45, 7) is 3.57. The Hall–Kier alpha value is -4.07. The van der Waals surface area contributed by atoms with Crippen LogP contribution in [-0.4, -0.2) is 57.6 Å². The number of fused-ring (bicyclic) bond motifs is 3. The molecule has 0 spiro atoms. The van der Waals surface area contributed by atoms with E-state index in [0.717, 1.165) is 51.5 Å². The van der Waals surface area contributed by atoms with Gasteiger partial charge in [0.25, 0.3) is 0 Å². The van der Waals surface area contributed by atoms with E-state index >= 15 is 4.39 Å². The van der Waals surface area contributed by atoms with Gasteiger partial charge in [-0.2, -0.15) is 9.97 Å². The van der Waals surface area contributed by atoms with Crippen molar-refractivity contribution in [1.82, 2.24) is 20.3 Å². The second kappa shape index (κ2) is 11.9. The van der Waals surface area contributed by atoms with E-state index in [2.05, 4.69) is 26.2 Å². The number of benzene rings is 2. The molecule has 1 saturated carbocycles. The summed E-state index contributed by atoms with van der Waals surface area (Å²) < 4.78 is 37.6. The van der Waals surface area contributed by atoms with Crippen LogP contribution in [0.4, 0.5) is 14.6 Å². The third-order valence-electron chi connectivity index (χ3n) is 8.98. The normalized spacial score (nSPS) is 19.8. The predicted molar refractivity (Wildman–Crippen MR) is 162 cm³/mol. The number of hydrogen-bond acceptors (Lipinski definition) is 8. The maximum absolute atomic E-state index is 16.6. The van der Waals surface area contributed by atoms with E-state index in [4.69, 9.17) is 11.2 Å². The molecule has 1 saturated heterocycles. The Morgan fingerprint density at radius 2 is 2.05 bits per heavy atom. The molecule has 0 bridgehead atoms. The van der Waals surface area contributed by atoms with Gasteiger partial charge in [-0.15, -0.1) is 6.42 Å². The zero-order valence-corrected chi connectivity index (χ0v) is 24.2. The Morgan fingerprint density at radius 1 is 1.21 bits per heavy atom. The Labute approximate surface area is 249 Å². The van der Waals surface area contributed by atoms with Gasteiger partial charge in [-0.05, 0) is 62.2 Å². The van der Waals surface area contributed by atoms with Crippen molar-refractivity contribution in [2.24, 2.45) is 5.41 Å². The molecule has 1 aliphatic carbocycles. The number of halogens is 2. The first-order valence-corrected chi connectivity index (χ1v) is 14.9. The molecule has 2 aromatic heterocycles. The van der Waals surface area contributed by atoms with Crippen LogP contribution in [0.2, 0.25) is 0 Å². The van der Waals surface area contributed by atoms with Gasteiger partial charge in [-0.3, -0.25) is 4.98 Å². The Morgan fingerprint density at radius 3 is 2.84 bits per heavy atom. The van der Waals surface area contributed by atoms with Crippen molar-refractivity contribution in [2.75, 3.05) is 31.3 Å². The fourth-order valence-electron chi connectivity index (χ4n) is 6.79. The Bertz CT molecular complexity index is 1730. The smallest absolute Gasteiger partial charge is 0.319 e. The maximum Gasteiger partial charge on any atom is 0.319 e. The molecule has 2 aliphatic rings. The highest BCUT2D eigenvalue weighted by molar-refractivity contribution is 6.03. The zero-order chi connectivity index (χ0) is 30.1. The maximum atomic E-state index is 16.6. The van der Waals surface area contributed by atoms with Gasteiger partial charge in [0.05, 0.1) is 17.6 Å². The van der Waals surface area contributed by atoms with E-state index in [1.807, 2.05) is 6.92 Å². The quantitative estimate of drug-likeness (QED) is 0.170. The van der Waals surface area contributed by atoms with Crippen LogP contribution in [-0.2, 0) is 0 Å². The van der Waals surface area contributed by atoms with Crippen molar-refractivity contribution in [3.05, 3.63) is 47.7 Å². The number of nitrogens with zero attached hydrogens (tertiary/aromatic N) is 4. The van der Waals surface area contributed by atoms with E-state index in [0.29, 0.717) is 35.8 Å². The molecule has 8 nitrogen and oxygen atoms in total. The number of aromatic nitrogens is 3. The number of nitrogens with one attached hydrogen (secondary N) is 1. The number of aliphatic hydroxyl groups is 1. The molecule has 2 atom stereocenters. The van der Waals surface area contributed by atoms with Gasteiger partial charge in [0.2, 0.25) is 0 Å². The molecule has 4 aromatic rings. The van der Waals surface area contributed by atoms with Crippen LogP contribution < -0.4 is 15.0 Å². The zero-order valence-electron chi connectivity index (χ0n) is 24.2. The number of rotatable bonds is 9. The third-order valence-corrected chi connectivity index (χ3v) is 8.98. The summed E-state index contributed by atoms with van der Waals surface area (Å²) in [4.78, 5) is 15.2. The van der Waals surface area contributed by atoms with Gasteiger partial charge in [-0.25, -0.2) is 8.78 Å². The number of pyridine rings is 1. The van der Waals surface area contributed by atoms with Crippen LogP contribution in [0.15, 0.2) is 30.5 Å². The molecule has 3 heterocycles. The molecule has 10 heteroatoms. The average Bonchev–Trinajstić information content (AvgIpc) is 3.45. The fourth-order valence-corrected chi connectivity index (χ4v) is 6.79. The molecule has 43 heavy (non-hydrogen) atoms. The summed E-state index contributed by atoms with van der Waals surface area (Å²) >= 11 is 0. The number of anilines is 1. The van der Waals surface area contributed by atoms with Crippen LogP contribution in [0, 0.1) is 29.4 Å². The van der Waals surface area contributed by atoms with Crippen molar-refractivity contribution in [2.45, 2.75) is 57.9 Å². The highest BCUT2D eigenvalue weighted by Gasteiger charge is 2.45. The Kier molecular flexibility index (Phi) is 8.03. The van der Waals surface area contributed by atoms with Crippen LogP contribution in [0.1, 0.15) is 57.4 Å². The first kappa shape index (κ1) is 29.0. The number of aromatic hydroxyl groups is 1. The van der Waals surface area contributed by atoms with Gasteiger partial charge < -0.3 is 25.2 Å². The van der Waals surface area contributed by atoms with Crippen LogP contribution in [0.25, 0.3) is 32.9 Å². The topological polar surface area (TPSA) is 104 Å². The first-order valence-electron chi connectivity index (χ1n) is 14.9. The number of terminal acetylenes is 1. The van der Waals surface area contributed by atoms with Gasteiger partial charge in [-0.1, -0.05) is 31.8 Å². The van der Waals surface area contributed by atoms with Crippen molar-refractivity contribution in [3.8, 4) is 35.4 Å². The number of piperidine rings is 1. The SMILES string of the molecule is C#Cc1c(F)ccc2cc(O)cc(-c3ncc4c(N(CO)CCCC)nc(OCC56CCCNC5CCC6)nc4c3F)c12. The minimum atomic E-state index is -0.797. The van der Waals surface area contributed by atoms with Crippen LogP contribution in [0.5, 0.6) is 11.8 Å². The van der Waals surface area contributed by atoms with Gasteiger partial charge in [0, 0.05) is 35.1 Å². The van der Waals surface area contributed by atoms with Gasteiger partial charge >= 0.3 is 6.01 Å². The molecule has 6 rings (SSSR count). The average molecular weight is 588 g/mol. The standard InChI is InChI=1S/C33H35F2N5O3/c1-3-5-14-40(19-41)31-24-17-37-29(23-16-21(42)15-20-9-10-25(34)22(4-2)27(20)23)28(35)30(24)38-32(39-31)43-18-33-11-6-8-26(33)36-13-7-12-33/h2,9-10,15-17,26,36,41-42H,3,5-8,11-14,18-19H2,1H3. The van der Waals surface area contributed by atoms with Crippen molar-refractivity contribution >= 4 is 27.5 Å². The lowest BCUT2D eigenvalue weighted by atomic mass is 9.76. The number of unbranched alkanes of at least 4 members (excludes halogenated alkanes) is 1. The second-order valence-corrected chi connectivity index (χ2v) is 11.6. The highest BCUT2D eigenvalue weighted by Crippen LogP contribution is 2.45. The van der Waals surface area contributed by atoms with Crippen LogP contribution >= 0.6 is 0 Å². The number of phenols is 1. The number of phenolic OH excluding ortho intramolecular Hbond substituents is 1. The van der Waals surface area contributed by atoms with E-state index in [-0.39, 0.29) is 51.6 Å². The lowest BCUT2D eigenvalue weighted by Crippen LogP contribution is -2.49. The molecular formula is C33H35F2N5O3. The predicted octanol–water partition coefficient (Wildman–Crippen LogP) is 5.67. The third kappa shape index (κ3) is 5.21. The molecule has 2 aromatic carbocycles. The second-order valence-electron chi connectivity index (χ2n) is 11.6.